The summed E-state index contributed by atoms with van der Waals surface area (Å²) >= 11 is 0. The molecule has 0 saturated carbocycles. The monoisotopic (exact) mass is 173 g/mol. The Morgan fingerprint density at radius 2 is 2.31 bits per heavy atom. The van der Waals surface area contributed by atoms with Gasteiger partial charge in [0.1, 0.15) is 0 Å². The van der Waals surface area contributed by atoms with Crippen molar-refractivity contribution in [2.75, 3.05) is 0 Å². The Labute approximate surface area is 77.6 Å². The van der Waals surface area contributed by atoms with Gasteiger partial charge in [-0.05, 0) is 19.1 Å². The second-order valence-electron chi connectivity index (χ2n) is 2.49. The maximum atomic E-state index is 5.07. The van der Waals surface area contributed by atoms with Crippen molar-refractivity contribution in [2.24, 2.45) is 0 Å². The third-order valence-electron chi connectivity index (χ3n) is 1.57. The molecule has 2 nitrogen and oxygen atoms in total. The molecule has 0 aliphatic heterocycles. The van der Waals surface area contributed by atoms with Crippen molar-refractivity contribution in [2.45, 2.75) is 6.92 Å². The Kier molecular flexibility index (Phi) is 3.07. The van der Waals surface area contributed by atoms with Crippen LogP contribution in [0.25, 0.3) is 12.2 Å². The molecular weight excluding hydrogens is 162 g/mol. The molecule has 1 aromatic heterocycles. The molecule has 0 aromatic carbocycles. The average molecular weight is 173 g/mol. The van der Waals surface area contributed by atoms with Gasteiger partial charge in [0.25, 0.3) is 0 Å². The molecule has 0 aliphatic rings. The van der Waals surface area contributed by atoms with E-state index in [-0.39, 0.29) is 0 Å². The minimum atomic E-state index is 0.702. The van der Waals surface area contributed by atoms with E-state index in [1.54, 1.807) is 24.3 Å². The summed E-state index contributed by atoms with van der Waals surface area (Å²) < 4.78 is 5.07. The van der Waals surface area contributed by atoms with Gasteiger partial charge in [0.05, 0.1) is 11.3 Å². The first kappa shape index (κ1) is 9.30. The molecule has 0 radical (unpaired) electrons. The van der Waals surface area contributed by atoms with Gasteiger partial charge in [-0.1, -0.05) is 30.5 Å². The Bertz CT molecular complexity index is 379. The van der Waals surface area contributed by atoms with E-state index in [2.05, 4.69) is 24.0 Å². The largest absolute Gasteiger partial charge is 0.356 e. The summed E-state index contributed by atoms with van der Waals surface area (Å²) in [7, 11) is 0. The first-order valence-corrected chi connectivity index (χ1v) is 3.90. The van der Waals surface area contributed by atoms with Gasteiger partial charge in [-0.2, -0.15) is 0 Å². The summed E-state index contributed by atoms with van der Waals surface area (Å²) in [6.07, 6.45) is 7.02. The molecule has 1 rings (SSSR count). The molecule has 66 valence electrons. The maximum absolute atomic E-state index is 5.07. The summed E-state index contributed by atoms with van der Waals surface area (Å²) in [4.78, 5) is 0. The fourth-order valence-electron chi connectivity index (χ4n) is 0.948. The fraction of sp³-hybridized carbons (Fsp3) is 0.0909. The fourth-order valence-corrected chi connectivity index (χ4v) is 0.948. The molecule has 0 N–H and O–H groups in total. The van der Waals surface area contributed by atoms with Gasteiger partial charge >= 0.3 is 0 Å². The van der Waals surface area contributed by atoms with Crippen molar-refractivity contribution < 1.29 is 4.52 Å². The van der Waals surface area contributed by atoms with Crippen molar-refractivity contribution in [1.29, 1.82) is 0 Å². The first-order chi connectivity index (χ1) is 6.29. The normalized spacial score (nSPS) is 9.92. The predicted molar refractivity (Wildman–Crippen MR) is 54.1 cm³/mol. The highest BCUT2D eigenvalue weighted by Gasteiger charge is 2.05. The van der Waals surface area contributed by atoms with Crippen LogP contribution in [0.5, 0.6) is 0 Å². The van der Waals surface area contributed by atoms with Crippen molar-refractivity contribution >= 4 is 12.2 Å². The SMILES string of the molecule is C=C=Cc1c(C)noc1C=CC=C. The average Bonchev–Trinajstić information content (AvgIpc) is 2.46. The summed E-state index contributed by atoms with van der Waals surface area (Å²) in [6, 6.07) is 0. The van der Waals surface area contributed by atoms with Crippen LogP contribution in [0.2, 0.25) is 0 Å². The van der Waals surface area contributed by atoms with E-state index in [1.165, 1.54) is 0 Å². The van der Waals surface area contributed by atoms with Crippen LogP contribution < -0.4 is 0 Å². The lowest BCUT2D eigenvalue weighted by Gasteiger charge is -1.86. The van der Waals surface area contributed by atoms with Crippen LogP contribution in [0, 0.1) is 6.92 Å². The number of hydrogen-bond acceptors (Lipinski definition) is 2. The van der Waals surface area contributed by atoms with Gasteiger partial charge < -0.3 is 4.52 Å². The van der Waals surface area contributed by atoms with Crippen molar-refractivity contribution in [3.63, 3.8) is 0 Å². The molecule has 0 fully saturated rings. The van der Waals surface area contributed by atoms with Gasteiger partial charge in [-0.25, -0.2) is 0 Å². The van der Waals surface area contributed by atoms with E-state index in [1.807, 2.05) is 6.92 Å². The number of nitrogens with zero attached hydrogens (tertiary/aromatic N) is 1. The van der Waals surface area contributed by atoms with Gasteiger partial charge in [0, 0.05) is 0 Å². The third-order valence-corrected chi connectivity index (χ3v) is 1.57. The van der Waals surface area contributed by atoms with Gasteiger partial charge in [0.2, 0.25) is 0 Å². The molecule has 0 aliphatic carbocycles. The lowest BCUT2D eigenvalue weighted by atomic mass is 10.2. The zero-order chi connectivity index (χ0) is 9.68. The van der Waals surface area contributed by atoms with E-state index < -0.39 is 0 Å². The van der Waals surface area contributed by atoms with Crippen LogP contribution in [-0.4, -0.2) is 5.16 Å². The number of allylic oxidation sites excluding steroid dienone is 2. The molecule has 0 amide bonds. The van der Waals surface area contributed by atoms with Crippen LogP contribution in [0.3, 0.4) is 0 Å². The molecular formula is C11H11NO. The highest BCUT2D eigenvalue weighted by atomic mass is 16.5. The summed E-state index contributed by atoms with van der Waals surface area (Å²) in [6.45, 7) is 8.95. The third kappa shape index (κ3) is 2.08. The molecule has 0 bridgehead atoms. The van der Waals surface area contributed by atoms with Crippen molar-refractivity contribution in [1.82, 2.24) is 5.16 Å². The summed E-state index contributed by atoms with van der Waals surface area (Å²) in [5.74, 6) is 0.702. The Morgan fingerprint density at radius 3 is 2.92 bits per heavy atom. The van der Waals surface area contributed by atoms with E-state index in [0.717, 1.165) is 11.3 Å². The lowest BCUT2D eigenvalue weighted by molar-refractivity contribution is 0.408. The second kappa shape index (κ2) is 4.29. The summed E-state index contributed by atoms with van der Waals surface area (Å²) in [5, 5.41) is 3.83. The second-order valence-corrected chi connectivity index (χ2v) is 2.49. The van der Waals surface area contributed by atoms with E-state index >= 15 is 0 Å². The highest BCUT2D eigenvalue weighted by molar-refractivity contribution is 5.62. The molecule has 1 heterocycles. The molecule has 0 saturated heterocycles. The van der Waals surface area contributed by atoms with Crippen LogP contribution in [0.1, 0.15) is 17.0 Å². The Hall–Kier alpha value is -1.79. The smallest absolute Gasteiger partial charge is 0.167 e. The predicted octanol–water partition coefficient (Wildman–Crippen LogP) is 2.98. The molecule has 13 heavy (non-hydrogen) atoms. The quantitative estimate of drug-likeness (QED) is 0.518. The number of hydrogen-bond donors (Lipinski definition) is 0. The Balaban J connectivity index is 3.13. The van der Waals surface area contributed by atoms with Crippen LogP contribution in [0.15, 0.2) is 35.6 Å². The molecule has 0 atom stereocenters. The minimum absolute atomic E-state index is 0.702. The van der Waals surface area contributed by atoms with Gasteiger partial charge in [0.15, 0.2) is 5.76 Å². The highest BCUT2D eigenvalue weighted by Crippen LogP contribution is 2.16. The standard InChI is InChI=1S/C11H11NO/c1-4-6-8-11-10(7-5-2)9(3)12-13-11/h4,6-8H,1-2H2,3H3. The van der Waals surface area contributed by atoms with Gasteiger partial charge in [-0.3, -0.25) is 0 Å². The molecule has 0 spiro atoms. The summed E-state index contributed by atoms with van der Waals surface area (Å²) in [5.41, 5.74) is 4.44. The number of aromatic nitrogens is 1. The van der Waals surface area contributed by atoms with Crippen LogP contribution >= 0.6 is 0 Å². The Morgan fingerprint density at radius 1 is 1.54 bits per heavy atom. The minimum Gasteiger partial charge on any atom is -0.356 e. The zero-order valence-corrected chi connectivity index (χ0v) is 7.58. The maximum Gasteiger partial charge on any atom is 0.167 e. The van der Waals surface area contributed by atoms with Crippen molar-refractivity contribution in [3.8, 4) is 0 Å². The van der Waals surface area contributed by atoms with Crippen molar-refractivity contribution in [3.05, 3.63) is 48.1 Å². The van der Waals surface area contributed by atoms with Crippen LogP contribution in [0.4, 0.5) is 0 Å². The first-order valence-electron chi connectivity index (χ1n) is 3.90. The number of aryl methyl sites for hydroxylation is 1. The van der Waals surface area contributed by atoms with Crippen LogP contribution in [-0.2, 0) is 0 Å². The molecule has 1 aromatic rings. The lowest BCUT2D eigenvalue weighted by Crippen LogP contribution is -1.75. The van der Waals surface area contributed by atoms with Gasteiger partial charge in [-0.15, -0.1) is 5.73 Å². The van der Waals surface area contributed by atoms with E-state index in [9.17, 15) is 0 Å². The number of rotatable bonds is 3. The molecule has 0 unspecified atom stereocenters. The van der Waals surface area contributed by atoms with E-state index in [0.29, 0.717) is 5.76 Å². The topological polar surface area (TPSA) is 26.0 Å². The molecule has 2 heteroatoms. The van der Waals surface area contributed by atoms with E-state index in [4.69, 9.17) is 4.52 Å². The zero-order valence-electron chi connectivity index (χ0n) is 7.58.